The Labute approximate surface area is 100 Å². The van der Waals surface area contributed by atoms with Crippen LogP contribution < -0.4 is 5.32 Å². The van der Waals surface area contributed by atoms with Gasteiger partial charge in [0.1, 0.15) is 18.2 Å². The first-order valence-electron chi connectivity index (χ1n) is 5.86. The fraction of sp³-hybridized carbons (Fsp3) is 0.727. The number of rotatable bonds is 6. The van der Waals surface area contributed by atoms with Gasteiger partial charge in [-0.3, -0.25) is 14.8 Å². The summed E-state index contributed by atoms with van der Waals surface area (Å²) < 4.78 is 1.69. The van der Waals surface area contributed by atoms with Crippen molar-refractivity contribution in [2.24, 2.45) is 0 Å². The van der Waals surface area contributed by atoms with E-state index >= 15 is 0 Å². The minimum atomic E-state index is -0.896. The van der Waals surface area contributed by atoms with Crippen LogP contribution in [0.3, 0.4) is 0 Å². The summed E-state index contributed by atoms with van der Waals surface area (Å²) >= 11 is 0. The van der Waals surface area contributed by atoms with E-state index in [0.717, 1.165) is 12.8 Å². The lowest BCUT2D eigenvalue weighted by molar-refractivity contribution is -0.145. The zero-order valence-corrected chi connectivity index (χ0v) is 10.1. The molecule has 1 aliphatic rings. The Morgan fingerprint density at radius 3 is 2.88 bits per heavy atom. The van der Waals surface area contributed by atoms with Gasteiger partial charge >= 0.3 is 5.97 Å². The molecule has 1 aromatic heterocycles. The third-order valence-corrected chi connectivity index (χ3v) is 3.16. The van der Waals surface area contributed by atoms with E-state index in [1.807, 2.05) is 6.92 Å². The van der Waals surface area contributed by atoms with Crippen molar-refractivity contribution in [3.05, 3.63) is 12.7 Å². The molecule has 0 aromatic carbocycles. The molecule has 6 heteroatoms. The minimum absolute atomic E-state index is 0.00449. The molecule has 0 amide bonds. The van der Waals surface area contributed by atoms with Gasteiger partial charge < -0.3 is 5.11 Å². The third-order valence-electron chi connectivity index (χ3n) is 3.16. The molecule has 0 aliphatic heterocycles. The molecule has 1 saturated carbocycles. The van der Waals surface area contributed by atoms with Crippen LogP contribution in [-0.2, 0) is 4.79 Å². The van der Waals surface area contributed by atoms with E-state index in [9.17, 15) is 9.90 Å². The van der Waals surface area contributed by atoms with Crippen molar-refractivity contribution in [2.75, 3.05) is 0 Å². The van der Waals surface area contributed by atoms with Gasteiger partial charge in [-0.1, -0.05) is 0 Å². The molecule has 2 rings (SSSR count). The van der Waals surface area contributed by atoms with Crippen molar-refractivity contribution in [3.63, 3.8) is 0 Å². The standard InChI is InChI=1S/C11H18N4O2/c1-8(15-7-12-6-13-15)5-11(2,10(16)17)14-9-3-4-9/h6-9,14H,3-5H2,1-2H3,(H,16,17). The lowest BCUT2D eigenvalue weighted by atomic mass is 9.93. The Morgan fingerprint density at radius 2 is 2.41 bits per heavy atom. The van der Waals surface area contributed by atoms with Crippen molar-refractivity contribution >= 4 is 5.97 Å². The first-order valence-corrected chi connectivity index (χ1v) is 5.86. The normalized spacial score (nSPS) is 20.8. The maximum Gasteiger partial charge on any atom is 0.323 e. The molecule has 1 aromatic rings. The maximum atomic E-state index is 11.4. The Kier molecular flexibility index (Phi) is 3.15. The first kappa shape index (κ1) is 12.0. The van der Waals surface area contributed by atoms with Gasteiger partial charge in [0.15, 0.2) is 0 Å². The van der Waals surface area contributed by atoms with Crippen molar-refractivity contribution in [2.45, 2.75) is 50.7 Å². The molecule has 0 bridgehead atoms. The van der Waals surface area contributed by atoms with Gasteiger partial charge in [-0.05, 0) is 33.1 Å². The molecular formula is C11H18N4O2. The number of carbonyl (C=O) groups is 1. The molecule has 1 heterocycles. The number of hydrogen-bond donors (Lipinski definition) is 2. The fourth-order valence-electron chi connectivity index (χ4n) is 2.02. The number of aromatic nitrogens is 3. The van der Waals surface area contributed by atoms with Gasteiger partial charge in [-0.15, -0.1) is 0 Å². The summed E-state index contributed by atoms with van der Waals surface area (Å²) in [5.74, 6) is -0.809. The van der Waals surface area contributed by atoms with E-state index in [4.69, 9.17) is 0 Å². The summed E-state index contributed by atoms with van der Waals surface area (Å²) in [6.07, 6.45) is 5.70. The summed E-state index contributed by atoms with van der Waals surface area (Å²) in [7, 11) is 0. The molecule has 0 saturated heterocycles. The van der Waals surface area contributed by atoms with E-state index < -0.39 is 11.5 Å². The van der Waals surface area contributed by atoms with E-state index in [0.29, 0.717) is 12.5 Å². The molecule has 6 nitrogen and oxygen atoms in total. The number of nitrogens with one attached hydrogen (secondary N) is 1. The lowest BCUT2D eigenvalue weighted by Gasteiger charge is -2.29. The second-order valence-electron chi connectivity index (χ2n) is 4.98. The number of carboxylic acids is 1. The maximum absolute atomic E-state index is 11.4. The molecule has 1 fully saturated rings. The van der Waals surface area contributed by atoms with Gasteiger partial charge in [0.05, 0.1) is 6.04 Å². The van der Waals surface area contributed by atoms with Gasteiger partial charge in [0.25, 0.3) is 0 Å². The van der Waals surface area contributed by atoms with Gasteiger partial charge in [0, 0.05) is 6.04 Å². The van der Waals surface area contributed by atoms with Crippen LogP contribution in [0.5, 0.6) is 0 Å². The molecule has 17 heavy (non-hydrogen) atoms. The topological polar surface area (TPSA) is 80.0 Å². The monoisotopic (exact) mass is 238 g/mol. The molecule has 2 N–H and O–H groups in total. The quantitative estimate of drug-likeness (QED) is 0.767. The minimum Gasteiger partial charge on any atom is -0.480 e. The third kappa shape index (κ3) is 2.82. The molecule has 94 valence electrons. The Balaban J connectivity index is 2.03. The van der Waals surface area contributed by atoms with Gasteiger partial charge in [-0.2, -0.15) is 5.10 Å². The molecule has 1 aliphatic carbocycles. The molecule has 2 unspecified atom stereocenters. The van der Waals surface area contributed by atoms with Crippen LogP contribution in [0.2, 0.25) is 0 Å². The molecule has 0 spiro atoms. The highest BCUT2D eigenvalue weighted by Crippen LogP contribution is 2.27. The highest BCUT2D eigenvalue weighted by atomic mass is 16.4. The zero-order chi connectivity index (χ0) is 12.5. The van der Waals surface area contributed by atoms with Crippen LogP contribution in [0.4, 0.5) is 0 Å². The second-order valence-corrected chi connectivity index (χ2v) is 4.98. The second kappa shape index (κ2) is 4.44. The number of carboxylic acid groups (broad SMARTS) is 1. The van der Waals surface area contributed by atoms with Gasteiger partial charge in [0.2, 0.25) is 0 Å². The number of aliphatic carboxylic acids is 1. The smallest absolute Gasteiger partial charge is 0.323 e. The van der Waals surface area contributed by atoms with Gasteiger partial charge in [-0.25, -0.2) is 4.98 Å². The summed E-state index contributed by atoms with van der Waals surface area (Å²) in [5, 5.41) is 16.6. The first-order chi connectivity index (χ1) is 8.01. The van der Waals surface area contributed by atoms with Crippen molar-refractivity contribution < 1.29 is 9.90 Å². The van der Waals surface area contributed by atoms with Crippen molar-refractivity contribution in [1.29, 1.82) is 0 Å². The van der Waals surface area contributed by atoms with E-state index in [1.165, 1.54) is 6.33 Å². The highest BCUT2D eigenvalue weighted by Gasteiger charge is 2.39. The fourth-order valence-corrected chi connectivity index (χ4v) is 2.02. The Bertz CT molecular complexity index is 388. The average Bonchev–Trinajstić information content (AvgIpc) is 2.89. The van der Waals surface area contributed by atoms with Crippen molar-refractivity contribution in [1.82, 2.24) is 20.1 Å². The summed E-state index contributed by atoms with van der Waals surface area (Å²) in [5.41, 5.74) is -0.896. The summed E-state index contributed by atoms with van der Waals surface area (Å²) in [6.45, 7) is 3.69. The van der Waals surface area contributed by atoms with Crippen LogP contribution in [0, 0.1) is 0 Å². The van der Waals surface area contributed by atoms with Crippen LogP contribution in [0.1, 0.15) is 39.2 Å². The molecule has 2 atom stereocenters. The zero-order valence-electron chi connectivity index (χ0n) is 10.1. The SMILES string of the molecule is CC(CC(C)(NC1CC1)C(=O)O)n1cncn1. The van der Waals surface area contributed by atoms with E-state index in [1.54, 1.807) is 17.9 Å². The van der Waals surface area contributed by atoms with Crippen molar-refractivity contribution in [3.8, 4) is 0 Å². The predicted octanol–water partition coefficient (Wildman–Crippen LogP) is 0.824. The Morgan fingerprint density at radius 1 is 1.71 bits per heavy atom. The average molecular weight is 238 g/mol. The largest absolute Gasteiger partial charge is 0.480 e. The van der Waals surface area contributed by atoms with Crippen LogP contribution >= 0.6 is 0 Å². The van der Waals surface area contributed by atoms with Crippen LogP contribution in [0.15, 0.2) is 12.7 Å². The number of nitrogens with zero attached hydrogens (tertiary/aromatic N) is 3. The lowest BCUT2D eigenvalue weighted by Crippen LogP contribution is -2.51. The van der Waals surface area contributed by atoms with E-state index in [-0.39, 0.29) is 6.04 Å². The Hall–Kier alpha value is -1.43. The number of hydrogen-bond acceptors (Lipinski definition) is 4. The van der Waals surface area contributed by atoms with Crippen LogP contribution in [-0.4, -0.2) is 37.4 Å². The predicted molar refractivity (Wildman–Crippen MR) is 61.5 cm³/mol. The van der Waals surface area contributed by atoms with E-state index in [2.05, 4.69) is 15.4 Å². The molecular weight excluding hydrogens is 220 g/mol. The van der Waals surface area contributed by atoms with Crippen LogP contribution in [0.25, 0.3) is 0 Å². The summed E-state index contributed by atoms with van der Waals surface area (Å²) in [4.78, 5) is 15.3. The highest BCUT2D eigenvalue weighted by molar-refractivity contribution is 5.78. The molecule has 0 radical (unpaired) electrons. The summed E-state index contributed by atoms with van der Waals surface area (Å²) in [6, 6.07) is 0.365.